The zero-order valence-corrected chi connectivity index (χ0v) is 11.1. The summed E-state index contributed by atoms with van der Waals surface area (Å²) >= 11 is 0. The summed E-state index contributed by atoms with van der Waals surface area (Å²) in [5, 5.41) is 13.3. The lowest BCUT2D eigenvalue weighted by Gasteiger charge is -2.07. The smallest absolute Gasteiger partial charge is 0.412 e. The molecule has 0 aliphatic heterocycles. The highest BCUT2D eigenvalue weighted by Gasteiger charge is 2.03. The van der Waals surface area contributed by atoms with E-state index >= 15 is 0 Å². The summed E-state index contributed by atoms with van der Waals surface area (Å²) < 4.78 is 9.59. The van der Waals surface area contributed by atoms with Gasteiger partial charge in [0.05, 0.1) is 14.2 Å². The van der Waals surface area contributed by atoms with Gasteiger partial charge in [0.15, 0.2) is 11.6 Å². The highest BCUT2D eigenvalue weighted by Crippen LogP contribution is 2.20. The van der Waals surface area contributed by atoms with Gasteiger partial charge in [-0.05, 0) is 24.3 Å². The topological polar surface area (TPSA) is 85.4 Å². The fraction of sp³-hybridized carbons (Fsp3) is 0.154. The molecule has 0 bridgehead atoms. The van der Waals surface area contributed by atoms with E-state index in [1.807, 2.05) is 24.3 Å². The van der Waals surface area contributed by atoms with Crippen LogP contribution < -0.4 is 15.4 Å². The molecular formula is C13H14N4O3. The number of amides is 1. The highest BCUT2D eigenvalue weighted by atomic mass is 16.5. The quantitative estimate of drug-likeness (QED) is 0.890. The van der Waals surface area contributed by atoms with Gasteiger partial charge in [-0.3, -0.25) is 5.32 Å². The fourth-order valence-electron chi connectivity index (χ4n) is 1.47. The second-order valence-corrected chi connectivity index (χ2v) is 3.78. The molecule has 0 atom stereocenters. The Morgan fingerprint density at radius 2 is 1.85 bits per heavy atom. The number of methoxy groups -OCH3 is 2. The molecule has 20 heavy (non-hydrogen) atoms. The number of hydrogen-bond donors (Lipinski definition) is 2. The predicted molar refractivity (Wildman–Crippen MR) is 74.3 cm³/mol. The lowest BCUT2D eigenvalue weighted by atomic mass is 10.3. The van der Waals surface area contributed by atoms with Gasteiger partial charge in [-0.1, -0.05) is 6.07 Å². The lowest BCUT2D eigenvalue weighted by Crippen LogP contribution is -2.12. The Labute approximate surface area is 115 Å². The summed E-state index contributed by atoms with van der Waals surface area (Å²) in [5.74, 6) is 1.61. The molecule has 7 nitrogen and oxygen atoms in total. The molecule has 0 unspecified atom stereocenters. The number of aromatic nitrogens is 2. The maximum absolute atomic E-state index is 11.0. The van der Waals surface area contributed by atoms with E-state index in [0.29, 0.717) is 11.6 Å². The van der Waals surface area contributed by atoms with Crippen LogP contribution in [0.25, 0.3) is 0 Å². The van der Waals surface area contributed by atoms with Gasteiger partial charge < -0.3 is 14.8 Å². The molecule has 7 heteroatoms. The van der Waals surface area contributed by atoms with E-state index in [-0.39, 0.29) is 0 Å². The Balaban J connectivity index is 2.04. The Morgan fingerprint density at radius 1 is 1.10 bits per heavy atom. The van der Waals surface area contributed by atoms with Crippen molar-refractivity contribution in [2.24, 2.45) is 0 Å². The number of benzene rings is 1. The Bertz CT molecular complexity index is 586. The van der Waals surface area contributed by atoms with Crippen LogP contribution in [-0.4, -0.2) is 30.5 Å². The van der Waals surface area contributed by atoms with Crippen molar-refractivity contribution in [1.82, 2.24) is 10.2 Å². The second kappa shape index (κ2) is 6.37. The number of hydrogen-bond acceptors (Lipinski definition) is 6. The number of nitrogens with one attached hydrogen (secondary N) is 2. The van der Waals surface area contributed by atoms with Gasteiger partial charge in [-0.25, -0.2) is 4.79 Å². The van der Waals surface area contributed by atoms with E-state index in [9.17, 15) is 4.79 Å². The molecule has 2 N–H and O–H groups in total. The fourth-order valence-corrected chi connectivity index (χ4v) is 1.47. The van der Waals surface area contributed by atoms with Crippen molar-refractivity contribution in [2.75, 3.05) is 24.9 Å². The molecular weight excluding hydrogens is 260 g/mol. The number of nitrogens with zero attached hydrogens (tertiary/aromatic N) is 2. The first-order valence-electron chi connectivity index (χ1n) is 5.81. The number of ether oxygens (including phenoxy) is 2. The van der Waals surface area contributed by atoms with Gasteiger partial charge in [-0.2, -0.15) is 0 Å². The molecule has 0 saturated carbocycles. The van der Waals surface area contributed by atoms with Crippen LogP contribution in [0.4, 0.5) is 22.1 Å². The van der Waals surface area contributed by atoms with Crippen molar-refractivity contribution in [1.29, 1.82) is 0 Å². The highest BCUT2D eigenvalue weighted by molar-refractivity contribution is 5.83. The standard InChI is InChI=1S/C13H14N4O3/c1-19-10-5-3-4-9(8-10)14-11-6-7-12(17-16-11)15-13(18)20-2/h3-8H,1-2H3,(H,14,16)(H,15,17,18). The van der Waals surface area contributed by atoms with Crippen molar-refractivity contribution < 1.29 is 14.3 Å². The number of carbonyl (C=O) groups is 1. The zero-order chi connectivity index (χ0) is 14.4. The molecule has 104 valence electrons. The van der Waals surface area contributed by atoms with Crippen molar-refractivity contribution >= 4 is 23.4 Å². The molecule has 0 fully saturated rings. The third-order valence-corrected chi connectivity index (χ3v) is 2.42. The summed E-state index contributed by atoms with van der Waals surface area (Å²) in [4.78, 5) is 11.0. The predicted octanol–water partition coefficient (Wildman–Crippen LogP) is 2.41. The molecule has 0 saturated heterocycles. The summed E-state index contributed by atoms with van der Waals surface area (Å²) in [5.41, 5.74) is 0.826. The summed E-state index contributed by atoms with van der Waals surface area (Å²) in [6, 6.07) is 10.7. The van der Waals surface area contributed by atoms with Crippen molar-refractivity contribution in [2.45, 2.75) is 0 Å². The molecule has 1 aromatic heterocycles. The van der Waals surface area contributed by atoms with Gasteiger partial charge in [-0.15, -0.1) is 10.2 Å². The molecule has 1 amide bonds. The van der Waals surface area contributed by atoms with Crippen molar-refractivity contribution in [3.8, 4) is 5.75 Å². The summed E-state index contributed by atoms with van der Waals surface area (Å²) in [7, 11) is 2.88. The van der Waals surface area contributed by atoms with E-state index in [4.69, 9.17) is 4.74 Å². The average Bonchev–Trinajstić information content (AvgIpc) is 2.49. The van der Waals surface area contributed by atoms with E-state index < -0.39 is 6.09 Å². The monoisotopic (exact) mass is 274 g/mol. The molecule has 1 aromatic carbocycles. The van der Waals surface area contributed by atoms with Gasteiger partial charge in [0.1, 0.15) is 5.75 Å². The minimum atomic E-state index is -0.590. The van der Waals surface area contributed by atoms with E-state index in [0.717, 1.165) is 11.4 Å². The number of carbonyl (C=O) groups excluding carboxylic acids is 1. The van der Waals surface area contributed by atoms with Crippen LogP contribution in [0.1, 0.15) is 0 Å². The molecule has 2 aromatic rings. The van der Waals surface area contributed by atoms with Gasteiger partial charge in [0, 0.05) is 11.8 Å². The van der Waals surface area contributed by atoms with Crippen LogP contribution >= 0.6 is 0 Å². The molecule has 2 rings (SSSR count). The van der Waals surface area contributed by atoms with Crippen LogP contribution in [0.5, 0.6) is 5.75 Å². The first-order chi connectivity index (χ1) is 9.71. The summed E-state index contributed by atoms with van der Waals surface area (Å²) in [6.07, 6.45) is -0.590. The maximum atomic E-state index is 11.0. The third kappa shape index (κ3) is 3.58. The van der Waals surface area contributed by atoms with Crippen LogP contribution in [0.3, 0.4) is 0 Å². The van der Waals surface area contributed by atoms with Crippen LogP contribution in [0.2, 0.25) is 0 Å². The largest absolute Gasteiger partial charge is 0.497 e. The molecule has 0 radical (unpaired) electrons. The number of anilines is 3. The normalized spacial score (nSPS) is 9.70. The van der Waals surface area contributed by atoms with Gasteiger partial charge >= 0.3 is 6.09 Å². The number of rotatable bonds is 4. The Kier molecular flexibility index (Phi) is 4.33. The van der Waals surface area contributed by atoms with Crippen molar-refractivity contribution in [3.05, 3.63) is 36.4 Å². The van der Waals surface area contributed by atoms with Gasteiger partial charge in [0.25, 0.3) is 0 Å². The minimum absolute atomic E-state index is 0.313. The maximum Gasteiger partial charge on any atom is 0.412 e. The Morgan fingerprint density at radius 3 is 2.50 bits per heavy atom. The second-order valence-electron chi connectivity index (χ2n) is 3.78. The first-order valence-corrected chi connectivity index (χ1v) is 5.81. The molecule has 1 heterocycles. The van der Waals surface area contributed by atoms with Crippen LogP contribution in [-0.2, 0) is 4.74 Å². The average molecular weight is 274 g/mol. The van der Waals surface area contributed by atoms with Crippen LogP contribution in [0, 0.1) is 0 Å². The minimum Gasteiger partial charge on any atom is -0.497 e. The SMILES string of the molecule is COC(=O)Nc1ccc(Nc2cccc(OC)c2)nn1. The van der Waals surface area contributed by atoms with Crippen LogP contribution in [0.15, 0.2) is 36.4 Å². The van der Waals surface area contributed by atoms with Gasteiger partial charge in [0.2, 0.25) is 0 Å². The molecule has 0 spiro atoms. The lowest BCUT2D eigenvalue weighted by molar-refractivity contribution is 0.187. The van der Waals surface area contributed by atoms with Crippen molar-refractivity contribution in [3.63, 3.8) is 0 Å². The van der Waals surface area contributed by atoms with E-state index in [2.05, 4.69) is 25.6 Å². The first kappa shape index (κ1) is 13.6. The molecule has 0 aliphatic rings. The zero-order valence-electron chi connectivity index (χ0n) is 11.1. The van der Waals surface area contributed by atoms with E-state index in [1.54, 1.807) is 19.2 Å². The van der Waals surface area contributed by atoms with E-state index in [1.165, 1.54) is 7.11 Å². The molecule has 0 aliphatic carbocycles. The third-order valence-electron chi connectivity index (χ3n) is 2.42. The Hall–Kier alpha value is -2.83. The summed E-state index contributed by atoms with van der Waals surface area (Å²) in [6.45, 7) is 0.